The molecule has 22 heavy (non-hydrogen) atoms. The first-order chi connectivity index (χ1) is 10.6. The molecule has 0 saturated carbocycles. The van der Waals surface area contributed by atoms with E-state index in [2.05, 4.69) is 26.2 Å². The summed E-state index contributed by atoms with van der Waals surface area (Å²) < 4.78 is 11.3. The van der Waals surface area contributed by atoms with Crippen molar-refractivity contribution in [2.45, 2.75) is 6.92 Å². The number of methoxy groups -OCH3 is 1. The number of carbonyl (C=O) groups is 1. The second-order valence-corrected chi connectivity index (χ2v) is 5.44. The summed E-state index contributed by atoms with van der Waals surface area (Å²) in [5, 5.41) is 2.88. The van der Waals surface area contributed by atoms with Crippen LogP contribution in [0.2, 0.25) is 0 Å². The summed E-state index contributed by atoms with van der Waals surface area (Å²) in [5.74, 6) is 0.191. The van der Waals surface area contributed by atoms with E-state index in [1.165, 1.54) is 0 Å². The van der Waals surface area contributed by atoms with Crippen molar-refractivity contribution in [3.8, 4) is 5.88 Å². The highest BCUT2D eigenvalue weighted by atomic mass is 79.9. The predicted octanol–water partition coefficient (Wildman–Crippen LogP) is 3.43. The van der Waals surface area contributed by atoms with Crippen molar-refractivity contribution >= 4 is 27.5 Å². The SMILES string of the molecule is COCCOc1cc(C(=O)Nc2cccc(Br)c2C)ccn1. The van der Waals surface area contributed by atoms with Crippen LogP contribution in [0.4, 0.5) is 5.69 Å². The van der Waals surface area contributed by atoms with Crippen LogP contribution < -0.4 is 10.1 Å². The Morgan fingerprint density at radius 2 is 2.14 bits per heavy atom. The molecular formula is C16H17BrN2O3. The zero-order valence-electron chi connectivity index (χ0n) is 12.4. The molecule has 0 aliphatic heterocycles. The highest BCUT2D eigenvalue weighted by molar-refractivity contribution is 9.10. The van der Waals surface area contributed by atoms with Crippen molar-refractivity contribution in [1.82, 2.24) is 4.98 Å². The molecule has 0 unspecified atom stereocenters. The number of nitrogens with zero attached hydrogens (tertiary/aromatic N) is 1. The molecular weight excluding hydrogens is 348 g/mol. The van der Waals surface area contributed by atoms with Gasteiger partial charge >= 0.3 is 0 Å². The molecule has 1 aromatic heterocycles. The van der Waals surface area contributed by atoms with E-state index in [0.29, 0.717) is 24.7 Å². The van der Waals surface area contributed by atoms with Gasteiger partial charge in [-0.2, -0.15) is 0 Å². The maximum atomic E-state index is 12.3. The topological polar surface area (TPSA) is 60.5 Å². The number of rotatable bonds is 6. The third-order valence-corrected chi connectivity index (χ3v) is 3.91. The molecule has 6 heteroatoms. The number of nitrogens with one attached hydrogen (secondary N) is 1. The zero-order valence-corrected chi connectivity index (χ0v) is 14.0. The number of halogens is 1. The standard InChI is InChI=1S/C16H17BrN2O3/c1-11-13(17)4-3-5-14(11)19-16(20)12-6-7-18-15(10-12)22-9-8-21-2/h3-7,10H,8-9H2,1-2H3,(H,19,20). The Bertz CT molecular complexity index is 662. The van der Waals surface area contributed by atoms with Crippen molar-refractivity contribution in [3.05, 3.63) is 52.1 Å². The lowest BCUT2D eigenvalue weighted by Crippen LogP contribution is -2.13. The van der Waals surface area contributed by atoms with Crippen molar-refractivity contribution < 1.29 is 14.3 Å². The molecule has 1 heterocycles. The van der Waals surface area contributed by atoms with Gasteiger partial charge in [-0.25, -0.2) is 4.98 Å². The molecule has 1 aromatic carbocycles. The maximum Gasteiger partial charge on any atom is 0.255 e. The Morgan fingerprint density at radius 3 is 2.91 bits per heavy atom. The second kappa shape index (κ2) is 7.91. The lowest BCUT2D eigenvalue weighted by Gasteiger charge is -2.10. The largest absolute Gasteiger partial charge is 0.475 e. The number of pyridine rings is 1. The van der Waals surface area contributed by atoms with Crippen molar-refractivity contribution in [2.24, 2.45) is 0 Å². The van der Waals surface area contributed by atoms with Gasteiger partial charge in [-0.3, -0.25) is 4.79 Å². The highest BCUT2D eigenvalue weighted by Gasteiger charge is 2.10. The van der Waals surface area contributed by atoms with Crippen LogP contribution in [0.15, 0.2) is 41.0 Å². The number of carbonyl (C=O) groups excluding carboxylic acids is 1. The van der Waals surface area contributed by atoms with Crippen LogP contribution in [0.1, 0.15) is 15.9 Å². The first kappa shape index (κ1) is 16.5. The number of hydrogen-bond donors (Lipinski definition) is 1. The first-order valence-electron chi connectivity index (χ1n) is 6.76. The predicted molar refractivity (Wildman–Crippen MR) is 88.4 cm³/mol. The fourth-order valence-corrected chi connectivity index (χ4v) is 2.16. The van der Waals surface area contributed by atoms with Gasteiger partial charge in [0, 0.05) is 35.1 Å². The number of anilines is 1. The maximum absolute atomic E-state index is 12.3. The summed E-state index contributed by atoms with van der Waals surface area (Å²) in [6, 6.07) is 8.91. The normalized spacial score (nSPS) is 10.3. The molecule has 0 radical (unpaired) electrons. The Labute approximate surface area is 137 Å². The van der Waals surface area contributed by atoms with Gasteiger partial charge < -0.3 is 14.8 Å². The molecule has 1 N–H and O–H groups in total. The number of benzene rings is 1. The zero-order chi connectivity index (χ0) is 15.9. The van der Waals surface area contributed by atoms with Crippen LogP contribution in [-0.2, 0) is 4.74 Å². The average molecular weight is 365 g/mol. The Balaban J connectivity index is 2.09. The lowest BCUT2D eigenvalue weighted by atomic mass is 10.2. The van der Waals surface area contributed by atoms with Gasteiger partial charge in [0.2, 0.25) is 5.88 Å². The van der Waals surface area contributed by atoms with Crippen LogP contribution in [0.5, 0.6) is 5.88 Å². The third-order valence-electron chi connectivity index (χ3n) is 3.05. The van der Waals surface area contributed by atoms with Crippen LogP contribution in [0.25, 0.3) is 0 Å². The number of hydrogen-bond acceptors (Lipinski definition) is 4. The van der Waals surface area contributed by atoms with E-state index < -0.39 is 0 Å². The van der Waals surface area contributed by atoms with Crippen LogP contribution in [-0.4, -0.2) is 31.2 Å². The van der Waals surface area contributed by atoms with E-state index in [0.717, 1.165) is 15.7 Å². The monoisotopic (exact) mass is 364 g/mol. The van der Waals surface area contributed by atoms with E-state index >= 15 is 0 Å². The fourth-order valence-electron chi connectivity index (χ4n) is 1.80. The molecule has 0 spiro atoms. The molecule has 2 rings (SSSR count). The van der Waals surface area contributed by atoms with Gasteiger partial charge in [-0.05, 0) is 30.7 Å². The molecule has 116 valence electrons. The highest BCUT2D eigenvalue weighted by Crippen LogP contribution is 2.24. The fraction of sp³-hybridized carbons (Fsp3) is 0.250. The minimum absolute atomic E-state index is 0.208. The van der Waals surface area contributed by atoms with E-state index in [1.54, 1.807) is 25.4 Å². The molecule has 2 aromatic rings. The van der Waals surface area contributed by atoms with E-state index in [9.17, 15) is 4.79 Å². The smallest absolute Gasteiger partial charge is 0.255 e. The molecule has 0 atom stereocenters. The Kier molecular flexibility index (Phi) is 5.91. The molecule has 0 bridgehead atoms. The number of ether oxygens (including phenoxy) is 2. The number of aromatic nitrogens is 1. The van der Waals surface area contributed by atoms with Crippen LogP contribution >= 0.6 is 15.9 Å². The van der Waals surface area contributed by atoms with Gasteiger partial charge in [0.25, 0.3) is 5.91 Å². The summed E-state index contributed by atoms with van der Waals surface area (Å²) in [6.07, 6.45) is 1.55. The average Bonchev–Trinajstić information content (AvgIpc) is 2.52. The van der Waals surface area contributed by atoms with Crippen molar-refractivity contribution in [2.75, 3.05) is 25.6 Å². The summed E-state index contributed by atoms with van der Waals surface area (Å²) in [7, 11) is 1.60. The summed E-state index contributed by atoms with van der Waals surface area (Å²) in [4.78, 5) is 16.4. The van der Waals surface area contributed by atoms with Gasteiger partial charge in [-0.15, -0.1) is 0 Å². The van der Waals surface area contributed by atoms with E-state index in [4.69, 9.17) is 9.47 Å². The van der Waals surface area contributed by atoms with Gasteiger partial charge in [-0.1, -0.05) is 22.0 Å². The van der Waals surface area contributed by atoms with Crippen LogP contribution in [0.3, 0.4) is 0 Å². The summed E-state index contributed by atoms with van der Waals surface area (Å²) in [5.41, 5.74) is 2.22. The van der Waals surface area contributed by atoms with Gasteiger partial charge in [0.1, 0.15) is 6.61 Å². The first-order valence-corrected chi connectivity index (χ1v) is 7.55. The van der Waals surface area contributed by atoms with E-state index in [-0.39, 0.29) is 5.91 Å². The Morgan fingerprint density at radius 1 is 1.32 bits per heavy atom. The third kappa shape index (κ3) is 4.29. The lowest BCUT2D eigenvalue weighted by molar-refractivity contribution is 0.102. The summed E-state index contributed by atoms with van der Waals surface area (Å²) in [6.45, 7) is 2.79. The van der Waals surface area contributed by atoms with Gasteiger partial charge in [0.15, 0.2) is 0 Å². The van der Waals surface area contributed by atoms with Crippen molar-refractivity contribution in [1.29, 1.82) is 0 Å². The summed E-state index contributed by atoms with van der Waals surface area (Å²) >= 11 is 3.45. The molecule has 0 aliphatic rings. The molecule has 5 nitrogen and oxygen atoms in total. The minimum atomic E-state index is -0.208. The minimum Gasteiger partial charge on any atom is -0.475 e. The Hall–Kier alpha value is -1.92. The number of amides is 1. The van der Waals surface area contributed by atoms with Crippen LogP contribution in [0, 0.1) is 6.92 Å². The molecule has 0 aliphatic carbocycles. The molecule has 1 amide bonds. The van der Waals surface area contributed by atoms with Gasteiger partial charge in [0.05, 0.1) is 6.61 Å². The van der Waals surface area contributed by atoms with E-state index in [1.807, 2.05) is 25.1 Å². The molecule has 0 fully saturated rings. The quantitative estimate of drug-likeness (QED) is 0.797. The second-order valence-electron chi connectivity index (χ2n) is 4.59. The van der Waals surface area contributed by atoms with Crippen molar-refractivity contribution in [3.63, 3.8) is 0 Å². The molecule has 0 saturated heterocycles.